The van der Waals surface area contributed by atoms with Gasteiger partial charge in [-0.05, 0) is 51.8 Å². The maximum atomic E-state index is 13.1. The van der Waals surface area contributed by atoms with Gasteiger partial charge in [0.2, 0.25) is 0 Å². The third kappa shape index (κ3) is 5.03. The summed E-state index contributed by atoms with van der Waals surface area (Å²) in [5.74, 6) is 1.50. The number of rotatable bonds is 7. The number of carbonyl (C=O) groups excluding carboxylic acids is 2. The highest BCUT2D eigenvalue weighted by molar-refractivity contribution is 6.01. The van der Waals surface area contributed by atoms with Gasteiger partial charge in [-0.3, -0.25) is 4.79 Å². The largest absolute Gasteiger partial charge is 0.493 e. The number of nitrogens with one attached hydrogen (secondary N) is 2. The predicted octanol–water partition coefficient (Wildman–Crippen LogP) is 3.64. The molecule has 2 N–H and O–H groups in total. The number of benzene rings is 1. The smallest absolute Gasteiger partial charge is 0.409 e. The fraction of sp³-hybridized carbons (Fsp3) is 0.480. The number of aromatic nitrogens is 1. The highest BCUT2D eigenvalue weighted by atomic mass is 16.6. The van der Waals surface area contributed by atoms with Crippen LogP contribution in [0.1, 0.15) is 50.5 Å². The van der Waals surface area contributed by atoms with E-state index in [4.69, 9.17) is 9.47 Å². The average Bonchev–Trinajstić information content (AvgIpc) is 3.46. The minimum atomic E-state index is -0.264. The molecule has 3 heterocycles. The first kappa shape index (κ1) is 23.7. The Kier molecular flexibility index (Phi) is 7.40. The molecule has 2 amide bonds. The first-order chi connectivity index (χ1) is 16.5. The van der Waals surface area contributed by atoms with E-state index in [0.29, 0.717) is 51.4 Å². The monoisotopic (exact) mass is 467 g/mol. The number of ether oxygens (including phenoxy) is 2. The van der Waals surface area contributed by atoms with Crippen molar-refractivity contribution in [2.75, 3.05) is 26.3 Å². The van der Waals surface area contributed by atoms with Gasteiger partial charge >= 0.3 is 6.09 Å². The van der Waals surface area contributed by atoms with Crippen molar-refractivity contribution < 1.29 is 19.1 Å². The van der Waals surface area contributed by atoms with Crippen molar-refractivity contribution in [2.45, 2.75) is 52.6 Å². The molecular formula is C25H33N5O4. The number of hydrogen-bond donors (Lipinski definition) is 2. The van der Waals surface area contributed by atoms with Gasteiger partial charge in [0.05, 0.1) is 18.7 Å². The van der Waals surface area contributed by atoms with Crippen molar-refractivity contribution in [3.63, 3.8) is 0 Å². The Labute approximate surface area is 199 Å². The van der Waals surface area contributed by atoms with Crippen molar-refractivity contribution in [1.29, 1.82) is 0 Å². The van der Waals surface area contributed by atoms with Crippen molar-refractivity contribution >= 4 is 28.7 Å². The van der Waals surface area contributed by atoms with Crippen LogP contribution in [0.4, 0.5) is 4.79 Å². The van der Waals surface area contributed by atoms with E-state index in [1.807, 2.05) is 49.6 Å². The summed E-state index contributed by atoms with van der Waals surface area (Å²) in [6.45, 7) is 8.70. The molecule has 9 heteroatoms. The first-order valence-corrected chi connectivity index (χ1v) is 12.0. The molecule has 2 aliphatic heterocycles. The Morgan fingerprint density at radius 3 is 2.74 bits per heavy atom. The van der Waals surface area contributed by atoms with Gasteiger partial charge in [0, 0.05) is 49.4 Å². The van der Waals surface area contributed by atoms with Crippen molar-refractivity contribution in [2.24, 2.45) is 4.99 Å². The lowest BCUT2D eigenvalue weighted by molar-refractivity contribution is 0.0955. The van der Waals surface area contributed by atoms with Crippen LogP contribution in [0.25, 0.3) is 10.9 Å². The van der Waals surface area contributed by atoms with Gasteiger partial charge in [0.15, 0.2) is 0 Å². The molecule has 2 aliphatic rings. The van der Waals surface area contributed by atoms with Crippen LogP contribution in [0, 0.1) is 0 Å². The fourth-order valence-corrected chi connectivity index (χ4v) is 4.51. The second-order valence-electron chi connectivity index (χ2n) is 8.35. The second-order valence-corrected chi connectivity index (χ2v) is 8.35. The van der Waals surface area contributed by atoms with Crippen LogP contribution in [-0.2, 0) is 11.3 Å². The molecular weight excluding hydrogens is 434 g/mol. The Morgan fingerprint density at radius 2 is 2.03 bits per heavy atom. The molecule has 0 aliphatic carbocycles. The molecule has 1 aromatic carbocycles. The van der Waals surface area contributed by atoms with E-state index >= 15 is 0 Å². The van der Waals surface area contributed by atoms with Gasteiger partial charge in [-0.1, -0.05) is 6.07 Å². The molecule has 0 bridgehead atoms. The Morgan fingerprint density at radius 1 is 1.18 bits per heavy atom. The first-order valence-electron chi connectivity index (χ1n) is 12.0. The number of hydrogen-bond acceptors (Lipinski definition) is 6. The standard InChI is InChI=1S/C25H33N5O4/c1-4-30-20-8-7-9-22(33-5-2)19(20)14-21(30)24(31)28-17-10-11-23(26-15-17)27-18-12-13-29(16-18)25(32)34-6-3/h7-9,14-15,18H,4-6,10-13,16H2,1-3H3,(H,26,27)(H,28,31)/t18-/m0/s1. The SMILES string of the molecule is CCOC(=O)N1CC[C@H](NC2=NC=C(NC(=O)c3cc4c(OCC)cccc4n3CC)CC2)C1. The number of aliphatic imine (C=N–C) groups is 1. The molecule has 2 aromatic rings. The van der Waals surface area contributed by atoms with Gasteiger partial charge in [0.1, 0.15) is 17.3 Å². The van der Waals surface area contributed by atoms with Crippen molar-refractivity contribution in [3.05, 3.63) is 41.9 Å². The van der Waals surface area contributed by atoms with E-state index in [2.05, 4.69) is 15.6 Å². The molecule has 34 heavy (non-hydrogen) atoms. The zero-order chi connectivity index (χ0) is 24.1. The van der Waals surface area contributed by atoms with E-state index in [1.165, 1.54) is 0 Å². The molecule has 1 fully saturated rings. The van der Waals surface area contributed by atoms with Crippen LogP contribution in [0.2, 0.25) is 0 Å². The molecule has 0 radical (unpaired) electrons. The fourth-order valence-electron chi connectivity index (χ4n) is 4.51. The molecule has 0 spiro atoms. The van der Waals surface area contributed by atoms with Crippen LogP contribution in [0.15, 0.2) is 41.2 Å². The van der Waals surface area contributed by atoms with Gasteiger partial charge in [-0.25, -0.2) is 9.79 Å². The summed E-state index contributed by atoms with van der Waals surface area (Å²) in [5, 5.41) is 7.40. The van der Waals surface area contributed by atoms with Crippen molar-refractivity contribution in [1.82, 2.24) is 20.1 Å². The number of carbonyl (C=O) groups is 2. The third-order valence-corrected chi connectivity index (χ3v) is 6.12. The second kappa shape index (κ2) is 10.6. The summed E-state index contributed by atoms with van der Waals surface area (Å²) >= 11 is 0. The van der Waals surface area contributed by atoms with E-state index in [1.54, 1.807) is 11.1 Å². The summed E-state index contributed by atoms with van der Waals surface area (Å²) in [4.78, 5) is 31.2. The maximum absolute atomic E-state index is 13.1. The van der Waals surface area contributed by atoms with Crippen LogP contribution in [0.5, 0.6) is 5.75 Å². The molecule has 1 atom stereocenters. The Bertz CT molecular complexity index is 1120. The number of likely N-dealkylation sites (tertiary alicyclic amines) is 1. The quantitative estimate of drug-likeness (QED) is 0.648. The normalized spacial score (nSPS) is 17.9. The zero-order valence-corrected chi connectivity index (χ0v) is 20.1. The molecule has 1 aromatic heterocycles. The number of aryl methyl sites for hydroxylation is 1. The summed E-state index contributed by atoms with van der Waals surface area (Å²) in [6, 6.07) is 7.94. The van der Waals surface area contributed by atoms with Crippen LogP contribution in [-0.4, -0.2) is 59.6 Å². The molecule has 0 saturated carbocycles. The zero-order valence-electron chi connectivity index (χ0n) is 20.1. The minimum Gasteiger partial charge on any atom is -0.493 e. The lowest BCUT2D eigenvalue weighted by atomic mass is 10.1. The van der Waals surface area contributed by atoms with E-state index in [9.17, 15) is 9.59 Å². The van der Waals surface area contributed by atoms with Crippen LogP contribution in [0.3, 0.4) is 0 Å². The predicted molar refractivity (Wildman–Crippen MR) is 131 cm³/mol. The highest BCUT2D eigenvalue weighted by Gasteiger charge is 2.28. The number of fused-ring (bicyclic) bond motifs is 1. The van der Waals surface area contributed by atoms with Crippen LogP contribution < -0.4 is 15.4 Å². The van der Waals surface area contributed by atoms with E-state index < -0.39 is 0 Å². The molecule has 9 nitrogen and oxygen atoms in total. The maximum Gasteiger partial charge on any atom is 0.409 e. The molecule has 1 saturated heterocycles. The summed E-state index contributed by atoms with van der Waals surface area (Å²) in [5.41, 5.74) is 2.37. The van der Waals surface area contributed by atoms with Gasteiger partial charge in [-0.2, -0.15) is 0 Å². The summed E-state index contributed by atoms with van der Waals surface area (Å²) < 4.78 is 12.8. The third-order valence-electron chi connectivity index (χ3n) is 6.12. The molecule has 182 valence electrons. The van der Waals surface area contributed by atoms with Crippen molar-refractivity contribution in [3.8, 4) is 5.75 Å². The number of nitrogens with zero attached hydrogens (tertiary/aromatic N) is 3. The lowest BCUT2D eigenvalue weighted by Crippen LogP contribution is -2.39. The Hall–Kier alpha value is -3.49. The Balaban J connectivity index is 1.40. The summed E-state index contributed by atoms with van der Waals surface area (Å²) in [6.07, 6.45) is 3.69. The molecule has 4 rings (SSSR count). The van der Waals surface area contributed by atoms with Crippen LogP contribution >= 0.6 is 0 Å². The lowest BCUT2D eigenvalue weighted by Gasteiger charge is -2.20. The van der Waals surface area contributed by atoms with Gasteiger partial charge < -0.3 is 29.6 Å². The van der Waals surface area contributed by atoms with Gasteiger partial charge in [-0.15, -0.1) is 0 Å². The van der Waals surface area contributed by atoms with Gasteiger partial charge in [0.25, 0.3) is 5.91 Å². The number of amides is 2. The van der Waals surface area contributed by atoms with E-state index in [0.717, 1.165) is 34.6 Å². The highest BCUT2D eigenvalue weighted by Crippen LogP contribution is 2.29. The molecule has 0 unspecified atom stereocenters. The summed E-state index contributed by atoms with van der Waals surface area (Å²) in [7, 11) is 0. The van der Waals surface area contributed by atoms with E-state index in [-0.39, 0.29) is 18.0 Å². The number of amidine groups is 1. The minimum absolute atomic E-state index is 0.153. The number of allylic oxidation sites excluding steroid dienone is 1. The average molecular weight is 468 g/mol. The topological polar surface area (TPSA) is 97.2 Å².